The zero-order chi connectivity index (χ0) is 17.4. The molecule has 8 heteroatoms. The average Bonchev–Trinajstić information content (AvgIpc) is 3.23. The summed E-state index contributed by atoms with van der Waals surface area (Å²) in [6.45, 7) is 7.49. The fraction of sp³-hybridized carbons (Fsp3) is 0.938. The highest BCUT2D eigenvalue weighted by molar-refractivity contribution is 7.89. The first-order valence-electron chi connectivity index (χ1n) is 9.30. The third kappa shape index (κ3) is 6.22. The van der Waals surface area contributed by atoms with Crippen molar-refractivity contribution in [2.24, 2.45) is 4.99 Å². The van der Waals surface area contributed by atoms with Crippen molar-refractivity contribution < 1.29 is 8.42 Å². The van der Waals surface area contributed by atoms with Crippen molar-refractivity contribution in [2.45, 2.75) is 58.0 Å². The summed E-state index contributed by atoms with van der Waals surface area (Å²) in [4.78, 5) is 7.10. The van der Waals surface area contributed by atoms with Crippen molar-refractivity contribution in [2.75, 3.05) is 38.5 Å². The van der Waals surface area contributed by atoms with Gasteiger partial charge in [-0.2, -0.15) is 0 Å². The van der Waals surface area contributed by atoms with E-state index in [1.54, 1.807) is 6.92 Å². The molecule has 2 fully saturated rings. The summed E-state index contributed by atoms with van der Waals surface area (Å²) in [5.74, 6) is 0.889. The van der Waals surface area contributed by atoms with Gasteiger partial charge < -0.3 is 10.6 Å². The van der Waals surface area contributed by atoms with Gasteiger partial charge >= 0.3 is 0 Å². The molecular formula is C16H33N5O2S. The topological polar surface area (TPSA) is 85.8 Å². The number of nitrogens with zero attached hydrogens (tertiary/aromatic N) is 2. The van der Waals surface area contributed by atoms with Gasteiger partial charge in [-0.15, -0.1) is 0 Å². The SMILES string of the molecule is CCNC(=NCCNS(=O)(=O)CC)NC1CCN(C2CCCC2)C1. The van der Waals surface area contributed by atoms with Crippen LogP contribution in [0.4, 0.5) is 0 Å². The second-order valence-corrected chi connectivity index (χ2v) is 8.72. The van der Waals surface area contributed by atoms with Crippen LogP contribution in [0.25, 0.3) is 0 Å². The van der Waals surface area contributed by atoms with Gasteiger partial charge in [0.15, 0.2) is 5.96 Å². The third-order valence-electron chi connectivity index (χ3n) is 4.83. The van der Waals surface area contributed by atoms with Crippen LogP contribution in [0.15, 0.2) is 4.99 Å². The standard InChI is InChI=1S/C16H33N5O2S/c1-3-17-16(18-10-11-19-24(22,23)4-2)20-14-9-12-21(13-14)15-7-5-6-8-15/h14-15,19H,3-13H2,1-2H3,(H2,17,18,20). The van der Waals surface area contributed by atoms with Crippen LogP contribution in [0.3, 0.4) is 0 Å². The zero-order valence-corrected chi connectivity index (χ0v) is 15.9. The molecule has 140 valence electrons. The number of guanidine groups is 1. The molecule has 1 saturated heterocycles. The highest BCUT2D eigenvalue weighted by Gasteiger charge is 2.30. The summed E-state index contributed by atoms with van der Waals surface area (Å²) in [5, 5.41) is 6.75. The van der Waals surface area contributed by atoms with Gasteiger partial charge in [-0.1, -0.05) is 12.8 Å². The molecule has 0 amide bonds. The number of hydrogen-bond donors (Lipinski definition) is 3. The highest BCUT2D eigenvalue weighted by Crippen LogP contribution is 2.26. The minimum Gasteiger partial charge on any atom is -0.357 e. The molecule has 0 radical (unpaired) electrons. The van der Waals surface area contributed by atoms with Crippen molar-refractivity contribution in [3.63, 3.8) is 0 Å². The van der Waals surface area contributed by atoms with Crippen molar-refractivity contribution in [3.8, 4) is 0 Å². The first kappa shape index (κ1) is 19.5. The summed E-state index contributed by atoms with van der Waals surface area (Å²) >= 11 is 0. The van der Waals surface area contributed by atoms with Crippen LogP contribution in [0, 0.1) is 0 Å². The molecule has 1 saturated carbocycles. The van der Waals surface area contributed by atoms with E-state index < -0.39 is 10.0 Å². The molecule has 0 bridgehead atoms. The molecule has 24 heavy (non-hydrogen) atoms. The third-order valence-corrected chi connectivity index (χ3v) is 6.23. The zero-order valence-electron chi connectivity index (χ0n) is 15.1. The molecule has 1 atom stereocenters. The minimum absolute atomic E-state index is 0.105. The molecular weight excluding hydrogens is 326 g/mol. The monoisotopic (exact) mass is 359 g/mol. The Balaban J connectivity index is 1.77. The minimum atomic E-state index is -3.14. The summed E-state index contributed by atoms with van der Waals surface area (Å²) in [5.41, 5.74) is 0. The molecule has 0 aromatic heterocycles. The summed E-state index contributed by atoms with van der Waals surface area (Å²) in [6, 6.07) is 1.20. The summed E-state index contributed by atoms with van der Waals surface area (Å²) < 4.78 is 25.4. The van der Waals surface area contributed by atoms with E-state index in [0.717, 1.165) is 38.1 Å². The fourth-order valence-corrected chi connectivity index (χ4v) is 4.10. The van der Waals surface area contributed by atoms with Gasteiger partial charge in [-0.05, 0) is 33.1 Å². The predicted molar refractivity (Wildman–Crippen MR) is 98.8 cm³/mol. The smallest absolute Gasteiger partial charge is 0.211 e. The molecule has 7 nitrogen and oxygen atoms in total. The molecule has 0 aromatic carbocycles. The maximum Gasteiger partial charge on any atom is 0.211 e. The average molecular weight is 360 g/mol. The lowest BCUT2D eigenvalue weighted by atomic mass is 10.2. The second kappa shape index (κ2) is 9.58. The highest BCUT2D eigenvalue weighted by atomic mass is 32.2. The van der Waals surface area contributed by atoms with Crippen LogP contribution < -0.4 is 15.4 Å². The first-order valence-corrected chi connectivity index (χ1v) is 11.0. The number of likely N-dealkylation sites (tertiary alicyclic amines) is 1. The maximum atomic E-state index is 11.4. The van der Waals surface area contributed by atoms with Crippen LogP contribution in [0.1, 0.15) is 46.0 Å². The summed E-state index contributed by atoms with van der Waals surface area (Å²) in [7, 11) is -3.14. The Bertz CT molecular complexity index is 503. The van der Waals surface area contributed by atoms with E-state index in [-0.39, 0.29) is 5.75 Å². The molecule has 2 aliphatic rings. The normalized spacial score (nSPS) is 23.8. The Kier molecular flexibility index (Phi) is 7.77. The molecule has 1 unspecified atom stereocenters. The van der Waals surface area contributed by atoms with E-state index in [9.17, 15) is 8.42 Å². The molecule has 1 aliphatic heterocycles. The maximum absolute atomic E-state index is 11.4. The van der Waals surface area contributed by atoms with Crippen molar-refractivity contribution in [1.82, 2.24) is 20.3 Å². The van der Waals surface area contributed by atoms with E-state index in [4.69, 9.17) is 0 Å². The van der Waals surface area contributed by atoms with E-state index in [1.807, 2.05) is 6.92 Å². The lowest BCUT2D eigenvalue weighted by Gasteiger charge is -2.24. The van der Waals surface area contributed by atoms with E-state index >= 15 is 0 Å². The number of rotatable bonds is 8. The van der Waals surface area contributed by atoms with Gasteiger partial charge in [0.25, 0.3) is 0 Å². The largest absolute Gasteiger partial charge is 0.357 e. The van der Waals surface area contributed by atoms with Gasteiger partial charge in [-0.25, -0.2) is 13.1 Å². The van der Waals surface area contributed by atoms with Gasteiger partial charge in [0.1, 0.15) is 0 Å². The Morgan fingerprint density at radius 2 is 1.96 bits per heavy atom. The van der Waals surface area contributed by atoms with E-state index in [1.165, 1.54) is 25.7 Å². The number of aliphatic imine (C=N–C) groups is 1. The molecule has 2 rings (SSSR count). The Hall–Kier alpha value is -0.860. The van der Waals surface area contributed by atoms with Crippen molar-refractivity contribution in [1.29, 1.82) is 0 Å². The quantitative estimate of drug-likeness (QED) is 0.334. The molecule has 3 N–H and O–H groups in total. The lowest BCUT2D eigenvalue weighted by Crippen LogP contribution is -2.45. The van der Waals surface area contributed by atoms with Crippen LogP contribution in [-0.4, -0.2) is 69.8 Å². The van der Waals surface area contributed by atoms with Crippen molar-refractivity contribution in [3.05, 3.63) is 0 Å². The van der Waals surface area contributed by atoms with Gasteiger partial charge in [-0.3, -0.25) is 9.89 Å². The Labute approximate surface area is 146 Å². The molecule has 0 aromatic rings. The lowest BCUT2D eigenvalue weighted by molar-refractivity contribution is 0.242. The van der Waals surface area contributed by atoms with E-state index in [2.05, 4.69) is 25.2 Å². The van der Waals surface area contributed by atoms with Crippen LogP contribution in [-0.2, 0) is 10.0 Å². The number of sulfonamides is 1. The number of nitrogens with one attached hydrogen (secondary N) is 3. The molecule has 1 heterocycles. The van der Waals surface area contributed by atoms with Crippen LogP contribution >= 0.6 is 0 Å². The molecule has 1 aliphatic carbocycles. The Morgan fingerprint density at radius 3 is 2.62 bits per heavy atom. The van der Waals surface area contributed by atoms with Gasteiger partial charge in [0.05, 0.1) is 12.3 Å². The number of hydrogen-bond acceptors (Lipinski definition) is 4. The first-order chi connectivity index (χ1) is 11.5. The van der Waals surface area contributed by atoms with E-state index in [0.29, 0.717) is 19.1 Å². The van der Waals surface area contributed by atoms with Crippen LogP contribution in [0.5, 0.6) is 0 Å². The second-order valence-electron chi connectivity index (χ2n) is 6.62. The molecule has 0 spiro atoms. The predicted octanol–water partition coefficient (Wildman–Crippen LogP) is 0.498. The fourth-order valence-electron chi connectivity index (χ4n) is 3.49. The van der Waals surface area contributed by atoms with Gasteiger partial charge in [0.2, 0.25) is 10.0 Å². The van der Waals surface area contributed by atoms with Crippen LogP contribution in [0.2, 0.25) is 0 Å². The van der Waals surface area contributed by atoms with Gasteiger partial charge in [0, 0.05) is 38.3 Å². The Morgan fingerprint density at radius 1 is 1.21 bits per heavy atom. The summed E-state index contributed by atoms with van der Waals surface area (Å²) in [6.07, 6.45) is 6.58. The van der Waals surface area contributed by atoms with Crippen molar-refractivity contribution >= 4 is 16.0 Å².